The minimum atomic E-state index is -0.545. The van der Waals surface area contributed by atoms with Gasteiger partial charge in [-0.2, -0.15) is 4.98 Å². The predicted molar refractivity (Wildman–Crippen MR) is 71.7 cm³/mol. The molecule has 1 aromatic carbocycles. The van der Waals surface area contributed by atoms with Crippen LogP contribution in [0.1, 0.15) is 0 Å². The summed E-state index contributed by atoms with van der Waals surface area (Å²) in [5.74, 6) is 0.249. The molecule has 3 rings (SSSR count). The summed E-state index contributed by atoms with van der Waals surface area (Å²) in [6.45, 7) is 0. The summed E-state index contributed by atoms with van der Waals surface area (Å²) < 4.78 is 23.4. The van der Waals surface area contributed by atoms with Gasteiger partial charge in [-0.15, -0.1) is 10.2 Å². The minimum absolute atomic E-state index is 0.0551. The fourth-order valence-electron chi connectivity index (χ4n) is 1.65. The van der Waals surface area contributed by atoms with Gasteiger partial charge in [-0.05, 0) is 24.3 Å². The van der Waals surface area contributed by atoms with E-state index in [1.807, 2.05) is 0 Å². The van der Waals surface area contributed by atoms with E-state index in [4.69, 9.17) is 15.0 Å². The van der Waals surface area contributed by atoms with E-state index in [0.29, 0.717) is 17.1 Å². The lowest BCUT2D eigenvalue weighted by Gasteiger charge is -1.97. The van der Waals surface area contributed by atoms with Crippen LogP contribution in [0, 0.1) is 5.82 Å². The molecule has 106 valence electrons. The number of ether oxygens (including phenoxy) is 1. The molecule has 0 saturated heterocycles. The first-order chi connectivity index (χ1) is 10.2. The Balaban J connectivity index is 1.93. The summed E-state index contributed by atoms with van der Waals surface area (Å²) >= 11 is 0. The van der Waals surface area contributed by atoms with Crippen LogP contribution in [0.3, 0.4) is 0 Å². The third-order valence-electron chi connectivity index (χ3n) is 2.75. The van der Waals surface area contributed by atoms with Crippen LogP contribution < -0.4 is 10.5 Å². The number of anilines is 1. The SMILES string of the molecule is COc1ccc(-c2noc(-c3ccc(N)c(F)c3)n2)nn1. The maximum atomic E-state index is 13.4. The van der Waals surface area contributed by atoms with Crippen LogP contribution in [0.5, 0.6) is 5.88 Å². The summed E-state index contributed by atoms with van der Waals surface area (Å²) in [7, 11) is 1.49. The molecular formula is C13H10FN5O2. The normalized spacial score (nSPS) is 10.6. The molecule has 0 bridgehead atoms. The second kappa shape index (κ2) is 5.16. The van der Waals surface area contributed by atoms with Gasteiger partial charge in [0.05, 0.1) is 12.8 Å². The van der Waals surface area contributed by atoms with Gasteiger partial charge < -0.3 is 15.0 Å². The van der Waals surface area contributed by atoms with Crippen LogP contribution in [-0.2, 0) is 0 Å². The number of benzene rings is 1. The van der Waals surface area contributed by atoms with E-state index < -0.39 is 5.82 Å². The van der Waals surface area contributed by atoms with Crippen molar-refractivity contribution in [2.75, 3.05) is 12.8 Å². The number of nitrogens with zero attached hydrogens (tertiary/aromatic N) is 4. The van der Waals surface area contributed by atoms with Crippen molar-refractivity contribution in [2.24, 2.45) is 0 Å². The average molecular weight is 287 g/mol. The van der Waals surface area contributed by atoms with Crippen LogP contribution in [0.15, 0.2) is 34.9 Å². The Hall–Kier alpha value is -3.03. The topological polar surface area (TPSA) is 100.0 Å². The summed E-state index contributed by atoms with van der Waals surface area (Å²) in [6.07, 6.45) is 0. The van der Waals surface area contributed by atoms with Crippen LogP contribution in [0.4, 0.5) is 10.1 Å². The maximum Gasteiger partial charge on any atom is 0.258 e. The zero-order chi connectivity index (χ0) is 14.8. The highest BCUT2D eigenvalue weighted by Crippen LogP contribution is 2.23. The molecule has 2 N–H and O–H groups in total. The number of nitrogens with two attached hydrogens (primary N) is 1. The van der Waals surface area contributed by atoms with Gasteiger partial charge in [-0.3, -0.25) is 0 Å². The van der Waals surface area contributed by atoms with E-state index in [9.17, 15) is 4.39 Å². The number of aromatic nitrogens is 4. The second-order valence-electron chi connectivity index (χ2n) is 4.12. The van der Waals surface area contributed by atoms with Crippen molar-refractivity contribution < 1.29 is 13.7 Å². The van der Waals surface area contributed by atoms with Crippen molar-refractivity contribution in [1.82, 2.24) is 20.3 Å². The number of hydrogen-bond acceptors (Lipinski definition) is 7. The Morgan fingerprint density at radius 2 is 2.05 bits per heavy atom. The second-order valence-corrected chi connectivity index (χ2v) is 4.12. The van der Waals surface area contributed by atoms with E-state index >= 15 is 0 Å². The van der Waals surface area contributed by atoms with Gasteiger partial charge >= 0.3 is 0 Å². The molecule has 0 aliphatic heterocycles. The molecule has 0 radical (unpaired) electrons. The fraction of sp³-hybridized carbons (Fsp3) is 0.0769. The van der Waals surface area contributed by atoms with E-state index in [0.717, 1.165) is 0 Å². The van der Waals surface area contributed by atoms with Crippen LogP contribution >= 0.6 is 0 Å². The lowest BCUT2D eigenvalue weighted by molar-refractivity contribution is 0.392. The fourth-order valence-corrected chi connectivity index (χ4v) is 1.65. The van der Waals surface area contributed by atoms with Gasteiger partial charge in [0.15, 0.2) is 0 Å². The first-order valence-corrected chi connectivity index (χ1v) is 5.94. The molecule has 7 nitrogen and oxygen atoms in total. The van der Waals surface area contributed by atoms with E-state index in [-0.39, 0.29) is 17.4 Å². The molecular weight excluding hydrogens is 277 g/mol. The smallest absolute Gasteiger partial charge is 0.258 e. The first kappa shape index (κ1) is 13.0. The highest BCUT2D eigenvalue weighted by atomic mass is 19.1. The third-order valence-corrected chi connectivity index (χ3v) is 2.75. The number of halogens is 1. The summed E-state index contributed by atoms with van der Waals surface area (Å²) in [6, 6.07) is 7.52. The lowest BCUT2D eigenvalue weighted by atomic mass is 10.2. The number of nitrogen functional groups attached to an aromatic ring is 1. The van der Waals surface area contributed by atoms with E-state index in [1.54, 1.807) is 18.2 Å². The van der Waals surface area contributed by atoms with Crippen LogP contribution in [0.2, 0.25) is 0 Å². The summed E-state index contributed by atoms with van der Waals surface area (Å²) in [5, 5.41) is 11.5. The van der Waals surface area contributed by atoms with Gasteiger partial charge in [0, 0.05) is 11.6 Å². The number of methoxy groups -OCH3 is 1. The molecule has 0 unspecified atom stereocenters. The number of hydrogen-bond donors (Lipinski definition) is 1. The molecule has 0 aliphatic carbocycles. The number of rotatable bonds is 3. The average Bonchev–Trinajstić information content (AvgIpc) is 3.00. The van der Waals surface area contributed by atoms with Crippen molar-refractivity contribution in [1.29, 1.82) is 0 Å². The zero-order valence-electron chi connectivity index (χ0n) is 10.9. The standard InChI is InChI=1S/C13H10FN5O2/c1-20-11-5-4-10(17-18-11)12-16-13(21-19-12)7-2-3-9(15)8(14)6-7/h2-6H,15H2,1H3. The van der Waals surface area contributed by atoms with Gasteiger partial charge in [0.2, 0.25) is 11.7 Å². The molecule has 2 heterocycles. The minimum Gasteiger partial charge on any atom is -0.480 e. The monoisotopic (exact) mass is 287 g/mol. The Morgan fingerprint density at radius 3 is 2.71 bits per heavy atom. The largest absolute Gasteiger partial charge is 0.480 e. The Labute approximate surface area is 118 Å². The quantitative estimate of drug-likeness (QED) is 0.734. The van der Waals surface area contributed by atoms with Crippen molar-refractivity contribution in [3.63, 3.8) is 0 Å². The molecule has 0 fully saturated rings. The molecule has 2 aromatic heterocycles. The molecule has 0 atom stereocenters. The molecule has 0 amide bonds. The maximum absolute atomic E-state index is 13.4. The van der Waals surface area contributed by atoms with E-state index in [2.05, 4.69) is 20.3 Å². The van der Waals surface area contributed by atoms with Crippen LogP contribution in [-0.4, -0.2) is 27.4 Å². The Morgan fingerprint density at radius 1 is 1.19 bits per heavy atom. The van der Waals surface area contributed by atoms with Crippen molar-refractivity contribution >= 4 is 5.69 Å². The molecule has 0 spiro atoms. The summed E-state index contributed by atoms with van der Waals surface area (Å²) in [4.78, 5) is 4.15. The van der Waals surface area contributed by atoms with Crippen molar-refractivity contribution in [2.45, 2.75) is 0 Å². The van der Waals surface area contributed by atoms with Gasteiger partial charge in [0.1, 0.15) is 11.5 Å². The summed E-state index contributed by atoms with van der Waals surface area (Å²) in [5.41, 5.74) is 6.32. The highest BCUT2D eigenvalue weighted by Gasteiger charge is 2.13. The Bertz CT molecular complexity index is 772. The van der Waals surface area contributed by atoms with Crippen molar-refractivity contribution in [3.8, 4) is 28.9 Å². The molecule has 8 heteroatoms. The highest BCUT2D eigenvalue weighted by molar-refractivity contribution is 5.60. The van der Waals surface area contributed by atoms with Crippen LogP contribution in [0.25, 0.3) is 23.0 Å². The molecule has 3 aromatic rings. The lowest BCUT2D eigenvalue weighted by Crippen LogP contribution is -1.93. The third kappa shape index (κ3) is 2.50. The Kier molecular flexibility index (Phi) is 3.19. The van der Waals surface area contributed by atoms with Gasteiger partial charge in [-0.1, -0.05) is 5.16 Å². The molecule has 0 aliphatic rings. The first-order valence-electron chi connectivity index (χ1n) is 5.94. The van der Waals surface area contributed by atoms with E-state index in [1.165, 1.54) is 19.2 Å². The predicted octanol–water partition coefficient (Wildman–Crippen LogP) is 1.92. The zero-order valence-corrected chi connectivity index (χ0v) is 10.9. The van der Waals surface area contributed by atoms with Crippen molar-refractivity contribution in [3.05, 3.63) is 36.1 Å². The van der Waals surface area contributed by atoms with Gasteiger partial charge in [0.25, 0.3) is 5.89 Å². The van der Waals surface area contributed by atoms with Gasteiger partial charge in [-0.25, -0.2) is 4.39 Å². The molecule has 21 heavy (non-hydrogen) atoms. The molecule has 0 saturated carbocycles.